The number of fused-ring (bicyclic) bond motifs is 5. The van der Waals surface area contributed by atoms with Crippen molar-refractivity contribution in [1.29, 1.82) is 0 Å². The van der Waals surface area contributed by atoms with Gasteiger partial charge >= 0.3 is 0 Å². The van der Waals surface area contributed by atoms with Crippen LogP contribution in [-0.4, -0.2) is 21.7 Å². The first-order valence-corrected chi connectivity index (χ1v) is 11.3. The minimum absolute atomic E-state index is 0.0769. The van der Waals surface area contributed by atoms with Crippen molar-refractivity contribution in [2.75, 3.05) is 0 Å². The Morgan fingerprint density at radius 3 is 2.87 bits per heavy atom. The summed E-state index contributed by atoms with van der Waals surface area (Å²) in [5.41, 5.74) is 4.65. The predicted molar refractivity (Wildman–Crippen MR) is 117 cm³/mol. The van der Waals surface area contributed by atoms with Crippen molar-refractivity contribution >= 4 is 11.6 Å². The van der Waals surface area contributed by atoms with Gasteiger partial charge in [-0.1, -0.05) is 19.9 Å². The van der Waals surface area contributed by atoms with Crippen molar-refractivity contribution in [1.82, 2.24) is 10.4 Å². The van der Waals surface area contributed by atoms with E-state index in [1.165, 1.54) is 12.8 Å². The maximum absolute atomic E-state index is 12.4. The third-order valence-electron chi connectivity index (χ3n) is 8.64. The highest BCUT2D eigenvalue weighted by Crippen LogP contribution is 2.63. The highest BCUT2D eigenvalue weighted by Gasteiger charge is 2.57. The maximum atomic E-state index is 12.4. The smallest absolute Gasteiger partial charge is 0.272 e. The summed E-state index contributed by atoms with van der Waals surface area (Å²) in [6.45, 7) is 4.68. The number of amides is 1. The van der Waals surface area contributed by atoms with Gasteiger partial charge in [-0.3, -0.25) is 9.78 Å². The van der Waals surface area contributed by atoms with E-state index in [1.54, 1.807) is 24.5 Å². The van der Waals surface area contributed by atoms with Crippen LogP contribution in [0.15, 0.2) is 53.6 Å². The van der Waals surface area contributed by atoms with Gasteiger partial charge in [-0.05, 0) is 91.9 Å². The van der Waals surface area contributed by atoms with Crippen molar-refractivity contribution in [2.45, 2.75) is 52.4 Å². The summed E-state index contributed by atoms with van der Waals surface area (Å²) in [5.74, 6) is 2.75. The predicted octanol–water partition coefficient (Wildman–Crippen LogP) is 5.04. The largest absolute Gasteiger partial charge is 0.508 e. The summed E-state index contributed by atoms with van der Waals surface area (Å²) in [6.07, 6.45) is 16.3. The molecule has 0 bridgehead atoms. The van der Waals surface area contributed by atoms with E-state index in [9.17, 15) is 9.90 Å². The molecule has 0 aromatic carbocycles. The molecule has 0 spiro atoms. The highest BCUT2D eigenvalue weighted by atomic mass is 16.3. The zero-order valence-corrected chi connectivity index (χ0v) is 17.8. The number of allylic oxidation sites excluding steroid dienone is 3. The fraction of sp³-hybridized carbons (Fsp3) is 0.560. The Bertz CT molecular complexity index is 937. The Morgan fingerprint density at radius 2 is 2.07 bits per heavy atom. The van der Waals surface area contributed by atoms with E-state index in [1.807, 2.05) is 6.08 Å². The molecule has 2 N–H and O–H groups in total. The van der Waals surface area contributed by atoms with Crippen LogP contribution in [0.2, 0.25) is 0 Å². The van der Waals surface area contributed by atoms with Crippen LogP contribution in [0.1, 0.15) is 62.7 Å². The Morgan fingerprint density at radius 1 is 1.23 bits per heavy atom. The molecule has 3 saturated carbocycles. The number of hydrogen-bond donors (Lipinski definition) is 2. The lowest BCUT2D eigenvalue weighted by atomic mass is 9.48. The summed E-state index contributed by atoms with van der Waals surface area (Å²) < 4.78 is 0. The van der Waals surface area contributed by atoms with Crippen LogP contribution in [0.25, 0.3) is 0 Å². The average Bonchev–Trinajstić information content (AvgIpc) is 3.08. The zero-order valence-electron chi connectivity index (χ0n) is 17.8. The van der Waals surface area contributed by atoms with Gasteiger partial charge in [0, 0.05) is 23.5 Å². The first-order chi connectivity index (χ1) is 14.4. The fourth-order valence-electron chi connectivity index (χ4n) is 7.08. The lowest BCUT2D eigenvalue weighted by Gasteiger charge is -2.56. The van der Waals surface area contributed by atoms with Crippen LogP contribution in [0.3, 0.4) is 0 Å². The van der Waals surface area contributed by atoms with Gasteiger partial charge in [0.05, 0.1) is 5.56 Å². The number of rotatable bonds is 2. The van der Waals surface area contributed by atoms with Crippen molar-refractivity contribution in [3.8, 4) is 0 Å². The van der Waals surface area contributed by atoms with Gasteiger partial charge in [0.15, 0.2) is 0 Å². The molecule has 5 heteroatoms. The molecule has 3 fully saturated rings. The van der Waals surface area contributed by atoms with E-state index in [0.717, 1.165) is 31.4 Å². The summed E-state index contributed by atoms with van der Waals surface area (Å²) >= 11 is 0. The monoisotopic (exact) mass is 405 g/mol. The standard InChI is InChI=1S/C25H31N3O2/c1-24-11-9-19-18(20(24)6-5-17(29)14-24)10-12-25(2)21(19)7-8-22(25)27-28-23(30)16-4-3-13-26-15-16/h3-6,13-15,18-21,29H,7-12H2,1-2H3,(H,28,30)/b27-22+. The Balaban J connectivity index is 1.34. The van der Waals surface area contributed by atoms with E-state index in [0.29, 0.717) is 35.0 Å². The third kappa shape index (κ3) is 3.01. The molecule has 1 aromatic rings. The normalized spacial score (nSPS) is 40.9. The third-order valence-corrected chi connectivity index (χ3v) is 8.64. The molecule has 4 aliphatic carbocycles. The second-order valence-corrected chi connectivity index (χ2v) is 10.2. The molecule has 0 radical (unpaired) electrons. The number of pyridine rings is 1. The molecule has 1 aromatic heterocycles. The molecule has 158 valence electrons. The second-order valence-electron chi connectivity index (χ2n) is 10.2. The van der Waals surface area contributed by atoms with Crippen LogP contribution in [-0.2, 0) is 0 Å². The number of carbonyl (C=O) groups is 1. The van der Waals surface area contributed by atoms with Crippen LogP contribution in [0.4, 0.5) is 0 Å². The molecule has 0 saturated heterocycles. The van der Waals surface area contributed by atoms with Gasteiger partial charge in [-0.25, -0.2) is 5.43 Å². The van der Waals surface area contributed by atoms with Crippen molar-refractivity contribution < 1.29 is 9.90 Å². The first-order valence-electron chi connectivity index (χ1n) is 11.3. The summed E-state index contributed by atoms with van der Waals surface area (Å²) in [4.78, 5) is 16.4. The lowest BCUT2D eigenvalue weighted by molar-refractivity contribution is -0.0239. The van der Waals surface area contributed by atoms with Crippen molar-refractivity contribution in [2.24, 2.45) is 39.6 Å². The van der Waals surface area contributed by atoms with Crippen LogP contribution < -0.4 is 5.43 Å². The molecule has 4 aliphatic rings. The molecule has 5 nitrogen and oxygen atoms in total. The molecular weight excluding hydrogens is 374 g/mol. The van der Waals surface area contributed by atoms with Gasteiger partial charge in [0.1, 0.15) is 5.76 Å². The number of hydrogen-bond acceptors (Lipinski definition) is 4. The van der Waals surface area contributed by atoms with E-state index >= 15 is 0 Å². The zero-order chi connectivity index (χ0) is 20.9. The molecule has 1 amide bonds. The van der Waals surface area contributed by atoms with Gasteiger partial charge in [-0.15, -0.1) is 0 Å². The van der Waals surface area contributed by atoms with Crippen LogP contribution in [0.5, 0.6) is 0 Å². The quantitative estimate of drug-likeness (QED) is 0.677. The number of nitrogens with one attached hydrogen (secondary N) is 1. The molecule has 1 heterocycles. The van der Waals surface area contributed by atoms with Gasteiger partial charge < -0.3 is 5.11 Å². The molecule has 6 unspecified atom stereocenters. The molecule has 0 aliphatic heterocycles. The average molecular weight is 406 g/mol. The number of hydrazone groups is 1. The molecule has 30 heavy (non-hydrogen) atoms. The minimum Gasteiger partial charge on any atom is -0.508 e. The van der Waals surface area contributed by atoms with Gasteiger partial charge in [-0.2, -0.15) is 5.10 Å². The SMILES string of the molecule is CC12C=C(O)C=CC1C1CCC3(C)/C(=N/NC(=O)c4cccnc4)CCC3C1CC2. The Kier molecular flexibility index (Phi) is 4.60. The first kappa shape index (κ1) is 19.5. The van der Waals surface area contributed by atoms with E-state index in [-0.39, 0.29) is 16.7 Å². The van der Waals surface area contributed by atoms with Gasteiger partial charge in [0.2, 0.25) is 0 Å². The second kappa shape index (κ2) is 7.07. The van der Waals surface area contributed by atoms with Crippen LogP contribution >= 0.6 is 0 Å². The summed E-state index contributed by atoms with van der Waals surface area (Å²) in [5, 5.41) is 14.7. The minimum atomic E-state index is -0.191. The lowest BCUT2D eigenvalue weighted by Crippen LogP contribution is -2.50. The molecule has 6 atom stereocenters. The number of carbonyl (C=O) groups excluding carboxylic acids is 1. The molecule has 5 rings (SSSR count). The molecular formula is C25H31N3O2. The highest BCUT2D eigenvalue weighted by molar-refractivity contribution is 5.97. The summed E-state index contributed by atoms with van der Waals surface area (Å²) in [7, 11) is 0. The summed E-state index contributed by atoms with van der Waals surface area (Å²) in [6, 6.07) is 3.53. The number of aromatic nitrogens is 1. The van der Waals surface area contributed by atoms with E-state index in [2.05, 4.69) is 41.5 Å². The van der Waals surface area contributed by atoms with Crippen LogP contribution in [0, 0.1) is 34.5 Å². The van der Waals surface area contributed by atoms with E-state index < -0.39 is 0 Å². The van der Waals surface area contributed by atoms with Crippen molar-refractivity contribution in [3.05, 3.63) is 54.1 Å². The Labute approximate surface area is 178 Å². The fourth-order valence-corrected chi connectivity index (χ4v) is 7.08. The topological polar surface area (TPSA) is 74.6 Å². The maximum Gasteiger partial charge on any atom is 0.272 e. The van der Waals surface area contributed by atoms with E-state index in [4.69, 9.17) is 0 Å². The number of aliphatic hydroxyl groups is 1. The van der Waals surface area contributed by atoms with Crippen molar-refractivity contribution in [3.63, 3.8) is 0 Å². The Hall–Kier alpha value is -2.43. The number of aliphatic hydroxyl groups excluding tert-OH is 1. The number of nitrogens with zero attached hydrogens (tertiary/aromatic N) is 2. The van der Waals surface area contributed by atoms with Gasteiger partial charge in [0.25, 0.3) is 5.91 Å².